The second-order valence-electron chi connectivity index (χ2n) is 5.94. The summed E-state index contributed by atoms with van der Waals surface area (Å²) < 4.78 is 11.0. The number of thioether (sulfide) groups is 1. The largest absolute Gasteiger partial charge is 0.444 e. The van der Waals surface area contributed by atoms with Crippen LogP contribution in [0.3, 0.4) is 0 Å². The van der Waals surface area contributed by atoms with Crippen molar-refractivity contribution in [2.75, 3.05) is 12.0 Å². The first-order valence-corrected chi connectivity index (χ1v) is 9.83. The third kappa shape index (κ3) is 4.19. The van der Waals surface area contributed by atoms with Crippen LogP contribution in [0.25, 0.3) is 0 Å². The monoisotopic (exact) mass is 371 g/mol. The Morgan fingerprint density at radius 1 is 1.12 bits per heavy atom. The van der Waals surface area contributed by atoms with E-state index in [4.69, 9.17) is 9.47 Å². The van der Waals surface area contributed by atoms with Crippen LogP contribution in [0.4, 0.5) is 4.79 Å². The summed E-state index contributed by atoms with van der Waals surface area (Å²) in [6.07, 6.45) is 1.20. The normalized spacial score (nSPS) is 19.3. The lowest BCUT2D eigenvalue weighted by Crippen LogP contribution is -2.40. The number of carbonyl (C=O) groups excluding carboxylic acids is 2. The maximum Gasteiger partial charge on any atom is 0.414 e. The molecule has 0 N–H and O–H groups in total. The number of nitrogens with zero attached hydrogens (tertiary/aromatic N) is 1. The molecule has 1 aliphatic rings. The number of cyclic esters (lactones) is 1. The lowest BCUT2D eigenvalue weighted by Gasteiger charge is -2.25. The van der Waals surface area contributed by atoms with Gasteiger partial charge in [-0.2, -0.15) is 11.8 Å². The Bertz CT molecular complexity index is 738. The molecule has 26 heavy (non-hydrogen) atoms. The number of carbonyl (C=O) groups is 2. The maximum absolute atomic E-state index is 12.8. The fourth-order valence-electron chi connectivity index (χ4n) is 2.87. The second kappa shape index (κ2) is 8.76. The van der Waals surface area contributed by atoms with Gasteiger partial charge in [0.05, 0.1) is 0 Å². The van der Waals surface area contributed by atoms with Gasteiger partial charge in [-0.1, -0.05) is 60.7 Å². The van der Waals surface area contributed by atoms with Crippen LogP contribution in [-0.2, 0) is 20.9 Å². The van der Waals surface area contributed by atoms with Crippen molar-refractivity contribution in [2.24, 2.45) is 0 Å². The van der Waals surface area contributed by atoms with E-state index in [9.17, 15) is 9.59 Å². The average Bonchev–Trinajstić information content (AvgIpc) is 3.02. The lowest BCUT2D eigenvalue weighted by atomic mass is 10.1. The molecule has 0 aromatic heterocycles. The van der Waals surface area contributed by atoms with E-state index in [1.807, 2.05) is 66.9 Å². The zero-order valence-electron chi connectivity index (χ0n) is 14.5. The summed E-state index contributed by atoms with van der Waals surface area (Å²) in [5, 5.41) is 0. The SMILES string of the molecule is CSCC[C@@H]1C(=O)O[C@@H](c2ccccc2)N1C(=O)OCc1ccccc1. The predicted octanol–water partition coefficient (Wildman–Crippen LogP) is 4.00. The van der Waals surface area contributed by atoms with Gasteiger partial charge in [-0.3, -0.25) is 4.90 Å². The number of benzene rings is 2. The van der Waals surface area contributed by atoms with Gasteiger partial charge >= 0.3 is 12.1 Å². The zero-order valence-corrected chi connectivity index (χ0v) is 15.4. The molecule has 0 spiro atoms. The van der Waals surface area contributed by atoms with Crippen LogP contribution in [0.5, 0.6) is 0 Å². The van der Waals surface area contributed by atoms with Crippen molar-refractivity contribution in [3.05, 3.63) is 71.8 Å². The fraction of sp³-hybridized carbons (Fsp3) is 0.300. The molecule has 6 heteroatoms. The van der Waals surface area contributed by atoms with Crippen molar-refractivity contribution in [3.8, 4) is 0 Å². The molecule has 0 bridgehead atoms. The minimum atomic E-state index is -0.751. The van der Waals surface area contributed by atoms with E-state index in [0.29, 0.717) is 6.42 Å². The minimum absolute atomic E-state index is 0.154. The van der Waals surface area contributed by atoms with Crippen molar-refractivity contribution < 1.29 is 19.1 Å². The molecule has 1 amide bonds. The van der Waals surface area contributed by atoms with E-state index < -0.39 is 18.4 Å². The number of esters is 1. The third-order valence-corrected chi connectivity index (χ3v) is 4.83. The van der Waals surface area contributed by atoms with Gasteiger partial charge in [-0.25, -0.2) is 9.59 Å². The van der Waals surface area contributed by atoms with Crippen molar-refractivity contribution in [2.45, 2.75) is 25.3 Å². The lowest BCUT2D eigenvalue weighted by molar-refractivity contribution is -0.143. The van der Waals surface area contributed by atoms with Gasteiger partial charge in [0.2, 0.25) is 6.23 Å². The van der Waals surface area contributed by atoms with Gasteiger partial charge in [0.1, 0.15) is 12.6 Å². The predicted molar refractivity (Wildman–Crippen MR) is 101 cm³/mol. The minimum Gasteiger partial charge on any atom is -0.444 e. The summed E-state index contributed by atoms with van der Waals surface area (Å²) in [5.41, 5.74) is 1.65. The van der Waals surface area contributed by atoms with E-state index in [2.05, 4.69) is 0 Å². The van der Waals surface area contributed by atoms with Crippen LogP contribution < -0.4 is 0 Å². The standard InChI is InChI=1S/C20H21NO4S/c1-26-13-12-17-19(22)25-18(16-10-6-3-7-11-16)21(17)20(23)24-14-15-8-4-2-5-9-15/h2-11,17-18H,12-14H2,1H3/t17-,18+/m1/s1. The Balaban J connectivity index is 1.78. The number of hydrogen-bond acceptors (Lipinski definition) is 5. The van der Waals surface area contributed by atoms with Crippen LogP contribution in [0.2, 0.25) is 0 Å². The van der Waals surface area contributed by atoms with Crippen LogP contribution in [0.1, 0.15) is 23.8 Å². The molecule has 0 aliphatic carbocycles. The Morgan fingerprint density at radius 2 is 1.77 bits per heavy atom. The molecule has 1 heterocycles. The van der Waals surface area contributed by atoms with E-state index in [1.165, 1.54) is 4.90 Å². The molecule has 3 rings (SSSR count). The van der Waals surface area contributed by atoms with Crippen LogP contribution in [0.15, 0.2) is 60.7 Å². The molecular weight excluding hydrogens is 350 g/mol. The van der Waals surface area contributed by atoms with Crippen LogP contribution >= 0.6 is 11.8 Å². The Labute approximate surface area is 157 Å². The molecule has 1 fully saturated rings. The first kappa shape index (κ1) is 18.3. The maximum atomic E-state index is 12.8. The van der Waals surface area contributed by atoms with Gasteiger partial charge in [-0.05, 0) is 24.0 Å². The smallest absolute Gasteiger partial charge is 0.414 e. The number of hydrogen-bond donors (Lipinski definition) is 0. The molecule has 2 aromatic rings. The summed E-state index contributed by atoms with van der Waals surface area (Å²) in [6, 6.07) is 18.1. The zero-order chi connectivity index (χ0) is 18.4. The first-order chi connectivity index (χ1) is 12.7. The molecule has 0 saturated carbocycles. The number of amides is 1. The average molecular weight is 371 g/mol. The van der Waals surface area contributed by atoms with Gasteiger partial charge in [0, 0.05) is 5.56 Å². The summed E-state index contributed by atoms with van der Waals surface area (Å²) >= 11 is 1.62. The second-order valence-corrected chi connectivity index (χ2v) is 6.93. The summed E-state index contributed by atoms with van der Waals surface area (Å²) in [4.78, 5) is 26.6. The quantitative estimate of drug-likeness (QED) is 0.719. The highest BCUT2D eigenvalue weighted by Crippen LogP contribution is 2.34. The van der Waals surface area contributed by atoms with Crippen LogP contribution in [0, 0.1) is 0 Å². The van der Waals surface area contributed by atoms with E-state index in [-0.39, 0.29) is 12.6 Å². The first-order valence-electron chi connectivity index (χ1n) is 8.44. The molecule has 136 valence electrons. The van der Waals surface area contributed by atoms with Gasteiger partial charge in [0.15, 0.2) is 0 Å². The number of rotatable bonds is 6. The van der Waals surface area contributed by atoms with Crippen molar-refractivity contribution >= 4 is 23.8 Å². The van der Waals surface area contributed by atoms with Crippen LogP contribution in [-0.4, -0.2) is 35.0 Å². The summed E-state index contributed by atoms with van der Waals surface area (Å²) in [7, 11) is 0. The summed E-state index contributed by atoms with van der Waals surface area (Å²) in [6.45, 7) is 0.154. The molecule has 5 nitrogen and oxygen atoms in total. The molecule has 0 unspecified atom stereocenters. The molecule has 1 saturated heterocycles. The van der Waals surface area contributed by atoms with E-state index in [1.54, 1.807) is 11.8 Å². The molecular formula is C20H21NO4S. The van der Waals surface area contributed by atoms with Crippen molar-refractivity contribution in [1.29, 1.82) is 0 Å². The molecule has 1 aliphatic heterocycles. The topological polar surface area (TPSA) is 55.8 Å². The highest BCUT2D eigenvalue weighted by Gasteiger charge is 2.46. The van der Waals surface area contributed by atoms with Gasteiger partial charge < -0.3 is 9.47 Å². The van der Waals surface area contributed by atoms with Gasteiger partial charge in [-0.15, -0.1) is 0 Å². The fourth-order valence-corrected chi connectivity index (χ4v) is 3.33. The molecule has 2 atom stereocenters. The molecule has 0 radical (unpaired) electrons. The Kier molecular flexibility index (Phi) is 6.17. The Morgan fingerprint density at radius 3 is 2.42 bits per heavy atom. The van der Waals surface area contributed by atoms with E-state index in [0.717, 1.165) is 16.9 Å². The highest BCUT2D eigenvalue weighted by molar-refractivity contribution is 7.98. The summed E-state index contributed by atoms with van der Waals surface area (Å²) in [5.74, 6) is 0.369. The van der Waals surface area contributed by atoms with Gasteiger partial charge in [0.25, 0.3) is 0 Å². The van der Waals surface area contributed by atoms with Crippen molar-refractivity contribution in [3.63, 3.8) is 0 Å². The third-order valence-electron chi connectivity index (χ3n) is 4.18. The highest BCUT2D eigenvalue weighted by atomic mass is 32.2. The molecule has 2 aromatic carbocycles. The van der Waals surface area contributed by atoms with E-state index >= 15 is 0 Å². The number of ether oxygens (including phenoxy) is 2. The Hall–Kier alpha value is -2.47. The van der Waals surface area contributed by atoms with Crippen molar-refractivity contribution in [1.82, 2.24) is 4.90 Å².